The number of aromatic nitrogens is 3. The molecule has 0 spiro atoms. The van der Waals surface area contributed by atoms with E-state index in [9.17, 15) is 4.79 Å². The minimum absolute atomic E-state index is 0.0483. The minimum atomic E-state index is 0.0483. The molecule has 0 aliphatic rings. The highest BCUT2D eigenvalue weighted by atomic mass is 16.1. The summed E-state index contributed by atoms with van der Waals surface area (Å²) < 4.78 is 2.22. The average molecular weight is 379 g/mol. The highest BCUT2D eigenvalue weighted by Crippen LogP contribution is 2.18. The molecule has 1 aromatic carbocycles. The van der Waals surface area contributed by atoms with E-state index < -0.39 is 0 Å². The molecule has 0 fully saturated rings. The molecule has 1 amide bonds. The van der Waals surface area contributed by atoms with Crippen LogP contribution in [0.4, 0.5) is 5.69 Å². The van der Waals surface area contributed by atoms with Gasteiger partial charge in [-0.15, -0.1) is 0 Å². The Morgan fingerprint density at radius 1 is 1.18 bits per heavy atom. The number of hydrogen-bond acceptors (Lipinski definition) is 3. The number of fused-ring (bicyclic) bond motifs is 1. The molecule has 0 atom stereocenters. The van der Waals surface area contributed by atoms with Crippen LogP contribution in [0.1, 0.15) is 51.4 Å². The van der Waals surface area contributed by atoms with Gasteiger partial charge in [0.25, 0.3) is 0 Å². The summed E-state index contributed by atoms with van der Waals surface area (Å²) in [5.41, 5.74) is 4.00. The lowest BCUT2D eigenvalue weighted by Gasteiger charge is -2.10. The number of nitrogens with zero attached hydrogens (tertiary/aromatic N) is 3. The number of carbonyl (C=O) groups excluding carboxylic acids is 1. The number of aryl methyl sites for hydroxylation is 3. The fourth-order valence-electron chi connectivity index (χ4n) is 3.27. The standard InChI is InChI=1S/C23H30N4O/c1-4-18-10-12-19(13-11-18)25-22(28)9-5-8-21-26-20-7-6-15-24-23(20)27(21)16-14-17(2)3/h6-7,10-13,15,17H,4-5,8-9,14,16H2,1-3H3,(H,25,28). The lowest BCUT2D eigenvalue weighted by atomic mass is 10.1. The van der Waals surface area contributed by atoms with Crippen LogP contribution >= 0.6 is 0 Å². The first kappa shape index (κ1) is 20.1. The molecule has 5 nitrogen and oxygen atoms in total. The summed E-state index contributed by atoms with van der Waals surface area (Å²) in [5.74, 6) is 1.69. The quantitative estimate of drug-likeness (QED) is 0.570. The van der Waals surface area contributed by atoms with Crippen molar-refractivity contribution >= 4 is 22.8 Å². The maximum Gasteiger partial charge on any atom is 0.224 e. The zero-order valence-corrected chi connectivity index (χ0v) is 17.1. The summed E-state index contributed by atoms with van der Waals surface area (Å²) in [5, 5.41) is 2.98. The first-order chi connectivity index (χ1) is 13.6. The monoisotopic (exact) mass is 378 g/mol. The van der Waals surface area contributed by atoms with Crippen molar-refractivity contribution in [3.8, 4) is 0 Å². The molecule has 0 radical (unpaired) electrons. The van der Waals surface area contributed by atoms with E-state index in [1.807, 2.05) is 30.5 Å². The predicted octanol–water partition coefficient (Wildman–Crippen LogP) is 5.00. The summed E-state index contributed by atoms with van der Waals surface area (Å²) in [6.45, 7) is 7.49. The Balaban J connectivity index is 1.59. The Hall–Kier alpha value is -2.69. The van der Waals surface area contributed by atoms with Crippen molar-refractivity contribution < 1.29 is 4.79 Å². The van der Waals surface area contributed by atoms with Crippen molar-refractivity contribution in [2.24, 2.45) is 5.92 Å². The fourth-order valence-corrected chi connectivity index (χ4v) is 3.27. The summed E-state index contributed by atoms with van der Waals surface area (Å²) in [7, 11) is 0. The molecule has 3 rings (SSSR count). The molecule has 0 saturated carbocycles. The van der Waals surface area contributed by atoms with Gasteiger partial charge in [0, 0.05) is 31.3 Å². The molecule has 0 saturated heterocycles. The molecule has 5 heteroatoms. The molecule has 2 heterocycles. The molecule has 0 bridgehead atoms. The van der Waals surface area contributed by atoms with Gasteiger partial charge in [-0.1, -0.05) is 32.9 Å². The van der Waals surface area contributed by atoms with Gasteiger partial charge in [0.15, 0.2) is 5.65 Å². The van der Waals surface area contributed by atoms with Gasteiger partial charge in [-0.25, -0.2) is 9.97 Å². The van der Waals surface area contributed by atoms with Crippen molar-refractivity contribution in [3.63, 3.8) is 0 Å². The van der Waals surface area contributed by atoms with Gasteiger partial charge in [0.1, 0.15) is 11.3 Å². The molecule has 0 aliphatic carbocycles. The Morgan fingerprint density at radius 2 is 1.96 bits per heavy atom. The summed E-state index contributed by atoms with van der Waals surface area (Å²) in [4.78, 5) is 21.6. The number of amides is 1. The van der Waals surface area contributed by atoms with E-state index in [1.165, 1.54) is 5.56 Å². The number of nitrogens with one attached hydrogen (secondary N) is 1. The third-order valence-electron chi connectivity index (χ3n) is 4.96. The number of anilines is 1. The van der Waals surface area contributed by atoms with E-state index in [1.54, 1.807) is 0 Å². The first-order valence-electron chi connectivity index (χ1n) is 10.3. The van der Waals surface area contributed by atoms with Crippen LogP contribution < -0.4 is 5.32 Å². The molecule has 2 aromatic heterocycles. The number of imidazole rings is 1. The highest BCUT2D eigenvalue weighted by molar-refractivity contribution is 5.90. The Labute approximate surface area is 167 Å². The number of carbonyl (C=O) groups is 1. The van der Waals surface area contributed by atoms with E-state index in [2.05, 4.69) is 47.8 Å². The van der Waals surface area contributed by atoms with Crippen LogP contribution in [-0.4, -0.2) is 20.4 Å². The number of hydrogen-bond donors (Lipinski definition) is 1. The largest absolute Gasteiger partial charge is 0.326 e. The van der Waals surface area contributed by atoms with Crippen molar-refractivity contribution in [1.82, 2.24) is 14.5 Å². The number of benzene rings is 1. The normalized spacial score (nSPS) is 11.3. The minimum Gasteiger partial charge on any atom is -0.326 e. The van der Waals surface area contributed by atoms with Crippen molar-refractivity contribution in [1.29, 1.82) is 0 Å². The zero-order valence-electron chi connectivity index (χ0n) is 17.1. The van der Waals surface area contributed by atoms with Gasteiger partial charge in [0.2, 0.25) is 5.91 Å². The van der Waals surface area contributed by atoms with E-state index >= 15 is 0 Å². The van der Waals surface area contributed by atoms with Gasteiger partial charge in [-0.05, 0) is 55.0 Å². The second-order valence-corrected chi connectivity index (χ2v) is 7.66. The third-order valence-corrected chi connectivity index (χ3v) is 4.96. The number of rotatable bonds is 9. The second kappa shape index (κ2) is 9.49. The van der Waals surface area contributed by atoms with E-state index in [-0.39, 0.29) is 5.91 Å². The molecule has 0 unspecified atom stereocenters. The summed E-state index contributed by atoms with van der Waals surface area (Å²) >= 11 is 0. The van der Waals surface area contributed by atoms with E-state index in [0.29, 0.717) is 12.3 Å². The first-order valence-corrected chi connectivity index (χ1v) is 10.3. The maximum absolute atomic E-state index is 12.3. The maximum atomic E-state index is 12.3. The van der Waals surface area contributed by atoms with Crippen LogP contribution in [0.5, 0.6) is 0 Å². The van der Waals surface area contributed by atoms with E-state index in [4.69, 9.17) is 4.98 Å². The van der Waals surface area contributed by atoms with Crippen LogP contribution in [0, 0.1) is 5.92 Å². The molecule has 0 aliphatic heterocycles. The van der Waals surface area contributed by atoms with Crippen molar-refractivity contribution in [2.75, 3.05) is 5.32 Å². The van der Waals surface area contributed by atoms with Crippen LogP contribution in [0.25, 0.3) is 11.2 Å². The molecule has 28 heavy (non-hydrogen) atoms. The Bertz CT molecular complexity index is 912. The van der Waals surface area contributed by atoms with Crippen molar-refractivity contribution in [3.05, 3.63) is 54.0 Å². The molecule has 1 N–H and O–H groups in total. The topological polar surface area (TPSA) is 59.8 Å². The second-order valence-electron chi connectivity index (χ2n) is 7.66. The fraction of sp³-hybridized carbons (Fsp3) is 0.435. The van der Waals surface area contributed by atoms with Gasteiger partial charge in [0.05, 0.1) is 0 Å². The van der Waals surface area contributed by atoms with Gasteiger partial charge in [-0.2, -0.15) is 0 Å². The summed E-state index contributed by atoms with van der Waals surface area (Å²) in [6.07, 6.45) is 5.93. The zero-order chi connectivity index (χ0) is 19.9. The smallest absolute Gasteiger partial charge is 0.224 e. The van der Waals surface area contributed by atoms with E-state index in [0.717, 1.165) is 54.9 Å². The molecular formula is C23H30N4O. The molecule has 3 aromatic rings. The highest BCUT2D eigenvalue weighted by Gasteiger charge is 2.12. The van der Waals surface area contributed by atoms with Crippen LogP contribution in [0.15, 0.2) is 42.6 Å². The molecule has 148 valence electrons. The lowest BCUT2D eigenvalue weighted by Crippen LogP contribution is -2.12. The SMILES string of the molecule is CCc1ccc(NC(=O)CCCc2nc3cccnc3n2CCC(C)C)cc1. The van der Waals surface area contributed by atoms with Crippen LogP contribution in [0.3, 0.4) is 0 Å². The van der Waals surface area contributed by atoms with Gasteiger partial charge >= 0.3 is 0 Å². The predicted molar refractivity (Wildman–Crippen MR) is 114 cm³/mol. The Morgan fingerprint density at radius 3 is 2.68 bits per heavy atom. The van der Waals surface area contributed by atoms with Gasteiger partial charge < -0.3 is 9.88 Å². The van der Waals surface area contributed by atoms with Crippen molar-refractivity contribution in [2.45, 2.75) is 59.4 Å². The average Bonchev–Trinajstić information content (AvgIpc) is 3.04. The van der Waals surface area contributed by atoms with Gasteiger partial charge in [-0.3, -0.25) is 4.79 Å². The van der Waals surface area contributed by atoms with Crippen LogP contribution in [-0.2, 0) is 24.2 Å². The number of pyridine rings is 1. The molecular weight excluding hydrogens is 348 g/mol. The lowest BCUT2D eigenvalue weighted by molar-refractivity contribution is -0.116. The summed E-state index contributed by atoms with van der Waals surface area (Å²) in [6, 6.07) is 12.0. The Kier molecular flexibility index (Phi) is 6.80. The van der Waals surface area contributed by atoms with Crippen LogP contribution in [0.2, 0.25) is 0 Å². The third kappa shape index (κ3) is 5.18.